The maximum absolute atomic E-state index is 6.79. The number of rotatable bonds is 11. The van der Waals surface area contributed by atoms with Gasteiger partial charge in [-0.1, -0.05) is 72.1 Å². The Morgan fingerprint density at radius 1 is 0.625 bits per heavy atom. The number of unbranched alkanes of at least 4 members (excludes halogenated alkanes) is 5. The molecule has 0 fully saturated rings. The molecule has 0 aromatic rings. The lowest BCUT2D eigenvalue weighted by Gasteiger charge is -2.27. The van der Waals surface area contributed by atoms with E-state index in [1.807, 2.05) is 0 Å². The molecular formula is C15H31Cl. The third-order valence-corrected chi connectivity index (χ3v) is 4.00. The fourth-order valence-corrected chi connectivity index (χ4v) is 2.65. The average Bonchev–Trinajstić information content (AvgIpc) is 2.27. The summed E-state index contributed by atoms with van der Waals surface area (Å²) in [5.74, 6) is 0. The minimum absolute atomic E-state index is 0.125. The van der Waals surface area contributed by atoms with Gasteiger partial charge in [-0.05, 0) is 19.3 Å². The zero-order valence-electron chi connectivity index (χ0n) is 11.7. The highest BCUT2D eigenvalue weighted by molar-refractivity contribution is 6.23. The number of hydrogen-bond acceptors (Lipinski definition) is 0. The van der Waals surface area contributed by atoms with E-state index >= 15 is 0 Å². The van der Waals surface area contributed by atoms with Gasteiger partial charge in [-0.15, -0.1) is 11.6 Å². The summed E-state index contributed by atoms with van der Waals surface area (Å²) in [4.78, 5) is 0.125. The van der Waals surface area contributed by atoms with E-state index in [0.29, 0.717) is 0 Å². The highest BCUT2D eigenvalue weighted by Gasteiger charge is 2.25. The van der Waals surface area contributed by atoms with Gasteiger partial charge in [0.15, 0.2) is 0 Å². The lowest BCUT2D eigenvalue weighted by molar-refractivity contribution is 0.408. The van der Waals surface area contributed by atoms with Crippen molar-refractivity contribution in [1.82, 2.24) is 0 Å². The Balaban J connectivity index is 3.91. The molecule has 0 aromatic heterocycles. The first-order valence-corrected chi connectivity index (χ1v) is 7.75. The van der Waals surface area contributed by atoms with Gasteiger partial charge in [0.05, 0.1) is 0 Å². The van der Waals surface area contributed by atoms with Crippen LogP contribution in [0, 0.1) is 0 Å². The van der Waals surface area contributed by atoms with Gasteiger partial charge >= 0.3 is 0 Å². The van der Waals surface area contributed by atoms with E-state index in [4.69, 9.17) is 11.6 Å². The van der Waals surface area contributed by atoms with E-state index in [0.717, 1.165) is 0 Å². The molecule has 0 N–H and O–H groups in total. The summed E-state index contributed by atoms with van der Waals surface area (Å²) in [6, 6.07) is 0. The van der Waals surface area contributed by atoms with Gasteiger partial charge < -0.3 is 0 Å². The van der Waals surface area contributed by atoms with Crippen molar-refractivity contribution in [3.05, 3.63) is 0 Å². The topological polar surface area (TPSA) is 0 Å². The van der Waals surface area contributed by atoms with E-state index in [1.165, 1.54) is 70.6 Å². The normalized spacial score (nSPS) is 12.0. The molecule has 0 aliphatic heterocycles. The first-order valence-electron chi connectivity index (χ1n) is 7.37. The van der Waals surface area contributed by atoms with Gasteiger partial charge in [0.1, 0.15) is 0 Å². The number of halogens is 1. The van der Waals surface area contributed by atoms with Gasteiger partial charge in [-0.2, -0.15) is 0 Å². The van der Waals surface area contributed by atoms with Gasteiger partial charge in [0, 0.05) is 4.87 Å². The maximum atomic E-state index is 6.79. The minimum Gasteiger partial charge on any atom is -0.119 e. The van der Waals surface area contributed by atoms with Crippen molar-refractivity contribution >= 4 is 11.6 Å². The molecule has 1 heteroatoms. The second kappa shape index (κ2) is 10.4. The summed E-state index contributed by atoms with van der Waals surface area (Å²) in [6.45, 7) is 6.79. The molecular weight excluding hydrogens is 216 g/mol. The monoisotopic (exact) mass is 246 g/mol. The highest BCUT2D eigenvalue weighted by Crippen LogP contribution is 2.34. The number of hydrogen-bond donors (Lipinski definition) is 0. The molecule has 0 radical (unpaired) electrons. The van der Waals surface area contributed by atoms with Crippen molar-refractivity contribution in [3.8, 4) is 0 Å². The lowest BCUT2D eigenvalue weighted by atomic mass is 9.89. The van der Waals surface area contributed by atoms with Crippen molar-refractivity contribution in [2.24, 2.45) is 0 Å². The molecule has 0 aliphatic carbocycles. The van der Waals surface area contributed by atoms with Crippen molar-refractivity contribution < 1.29 is 0 Å². The highest BCUT2D eigenvalue weighted by atomic mass is 35.5. The third-order valence-electron chi connectivity index (χ3n) is 3.44. The molecule has 0 aromatic carbocycles. The van der Waals surface area contributed by atoms with Gasteiger partial charge in [0.2, 0.25) is 0 Å². The molecule has 0 heterocycles. The largest absolute Gasteiger partial charge is 0.119 e. The Hall–Kier alpha value is 0.290. The van der Waals surface area contributed by atoms with Crippen molar-refractivity contribution in [3.63, 3.8) is 0 Å². The van der Waals surface area contributed by atoms with Crippen molar-refractivity contribution in [1.29, 1.82) is 0 Å². The Morgan fingerprint density at radius 3 is 1.38 bits per heavy atom. The van der Waals surface area contributed by atoms with E-state index in [-0.39, 0.29) is 4.87 Å². The van der Waals surface area contributed by atoms with Crippen LogP contribution in [-0.2, 0) is 0 Å². The molecule has 0 amide bonds. The van der Waals surface area contributed by atoms with E-state index < -0.39 is 0 Å². The average molecular weight is 247 g/mol. The maximum Gasteiger partial charge on any atom is 0.0446 e. The van der Waals surface area contributed by atoms with Crippen molar-refractivity contribution in [2.45, 2.75) is 96.3 Å². The lowest BCUT2D eigenvalue weighted by Crippen LogP contribution is -2.21. The summed E-state index contributed by atoms with van der Waals surface area (Å²) in [5, 5.41) is 0. The van der Waals surface area contributed by atoms with Crippen LogP contribution < -0.4 is 0 Å². The Bertz CT molecular complexity index is 132. The van der Waals surface area contributed by atoms with Crippen LogP contribution >= 0.6 is 11.6 Å². The van der Waals surface area contributed by atoms with Crippen LogP contribution in [-0.4, -0.2) is 4.87 Å². The summed E-state index contributed by atoms with van der Waals surface area (Å²) in [6.07, 6.45) is 14.2. The summed E-state index contributed by atoms with van der Waals surface area (Å²) in [7, 11) is 0. The molecule has 0 atom stereocenters. The van der Waals surface area contributed by atoms with E-state index in [1.54, 1.807) is 0 Å². The Labute approximate surface area is 108 Å². The molecule has 0 rings (SSSR count). The second-order valence-electron chi connectivity index (χ2n) is 5.17. The molecule has 0 saturated carbocycles. The van der Waals surface area contributed by atoms with Gasteiger partial charge in [0.25, 0.3) is 0 Å². The zero-order chi connectivity index (χ0) is 12.3. The summed E-state index contributed by atoms with van der Waals surface area (Å²) < 4.78 is 0. The van der Waals surface area contributed by atoms with Gasteiger partial charge in [-0.25, -0.2) is 0 Å². The second-order valence-corrected chi connectivity index (χ2v) is 5.97. The van der Waals surface area contributed by atoms with Crippen LogP contribution in [0.5, 0.6) is 0 Å². The van der Waals surface area contributed by atoms with E-state index in [2.05, 4.69) is 20.8 Å². The third kappa shape index (κ3) is 8.44. The molecule has 0 nitrogen and oxygen atoms in total. The predicted octanol–water partition coefficient (Wildman–Crippen LogP) is 6.31. The molecule has 0 unspecified atom stereocenters. The molecule has 0 aliphatic rings. The van der Waals surface area contributed by atoms with Gasteiger partial charge in [-0.3, -0.25) is 0 Å². The van der Waals surface area contributed by atoms with Crippen LogP contribution in [0.2, 0.25) is 0 Å². The van der Waals surface area contributed by atoms with Crippen LogP contribution in [0.1, 0.15) is 91.4 Å². The molecule has 0 bridgehead atoms. The summed E-state index contributed by atoms with van der Waals surface area (Å²) >= 11 is 6.79. The fourth-order valence-electron chi connectivity index (χ4n) is 2.25. The fraction of sp³-hybridized carbons (Fsp3) is 1.00. The van der Waals surface area contributed by atoms with Crippen molar-refractivity contribution in [2.75, 3.05) is 0 Å². The molecule has 98 valence electrons. The molecule has 0 spiro atoms. The molecule has 0 saturated heterocycles. The standard InChI is InChI=1S/C15H31Cl/c1-4-7-10-13-15(16,12-9-6-3)14-11-8-5-2/h4-14H2,1-3H3. The zero-order valence-corrected chi connectivity index (χ0v) is 12.4. The number of alkyl halides is 1. The quantitative estimate of drug-likeness (QED) is 0.296. The predicted molar refractivity (Wildman–Crippen MR) is 76.4 cm³/mol. The summed E-state index contributed by atoms with van der Waals surface area (Å²) in [5.41, 5.74) is 0. The minimum atomic E-state index is 0.125. The van der Waals surface area contributed by atoms with Crippen LogP contribution in [0.15, 0.2) is 0 Å². The van der Waals surface area contributed by atoms with Crippen LogP contribution in [0.25, 0.3) is 0 Å². The first kappa shape index (κ1) is 16.3. The van der Waals surface area contributed by atoms with E-state index in [9.17, 15) is 0 Å². The smallest absolute Gasteiger partial charge is 0.0446 e. The SMILES string of the molecule is CCCCCC(Cl)(CCCC)CCCCC. The Kier molecular flexibility index (Phi) is 10.6. The Morgan fingerprint density at radius 2 is 1.00 bits per heavy atom. The van der Waals surface area contributed by atoms with Crippen LogP contribution in [0.3, 0.4) is 0 Å². The van der Waals surface area contributed by atoms with Crippen LogP contribution in [0.4, 0.5) is 0 Å². The first-order chi connectivity index (χ1) is 7.68. The molecule has 16 heavy (non-hydrogen) atoms.